The second-order valence-electron chi connectivity index (χ2n) is 2.39. The van der Waals surface area contributed by atoms with E-state index in [-0.39, 0.29) is 16.9 Å². The van der Waals surface area contributed by atoms with Crippen molar-refractivity contribution < 1.29 is 9.90 Å². The molecule has 1 rings (SSSR count). The van der Waals surface area contributed by atoms with Crippen LogP contribution >= 0.6 is 0 Å². The monoisotopic (exact) mass is 176 g/mol. The van der Waals surface area contributed by atoms with Crippen molar-refractivity contribution in [3.8, 4) is 11.8 Å². The Labute approximate surface area is 75.4 Å². The third-order valence-corrected chi connectivity index (χ3v) is 1.62. The summed E-state index contributed by atoms with van der Waals surface area (Å²) in [6.07, 6.45) is 0. The highest BCUT2D eigenvalue weighted by atomic mass is 16.3. The van der Waals surface area contributed by atoms with Crippen molar-refractivity contribution in [3.05, 3.63) is 29.3 Å². The minimum atomic E-state index is -0.463. The molecule has 4 heteroatoms. The minimum Gasteiger partial charge on any atom is -0.507 e. The van der Waals surface area contributed by atoms with Gasteiger partial charge in [-0.15, -0.1) is 0 Å². The quantitative estimate of drug-likeness (QED) is 0.658. The third-order valence-electron chi connectivity index (χ3n) is 1.62. The summed E-state index contributed by atoms with van der Waals surface area (Å²) < 4.78 is 0. The number of carbonyl (C=O) groups excluding carboxylic acids is 1. The Morgan fingerprint density at radius 1 is 1.62 bits per heavy atom. The van der Waals surface area contributed by atoms with Crippen molar-refractivity contribution in [1.82, 2.24) is 5.32 Å². The van der Waals surface area contributed by atoms with E-state index in [9.17, 15) is 9.90 Å². The van der Waals surface area contributed by atoms with Gasteiger partial charge in [0.25, 0.3) is 5.91 Å². The fourth-order valence-corrected chi connectivity index (χ4v) is 0.997. The third kappa shape index (κ3) is 1.59. The van der Waals surface area contributed by atoms with Crippen LogP contribution in [0.15, 0.2) is 18.2 Å². The second kappa shape index (κ2) is 3.59. The van der Waals surface area contributed by atoms with E-state index in [0.717, 1.165) is 0 Å². The van der Waals surface area contributed by atoms with Gasteiger partial charge in [-0.2, -0.15) is 5.26 Å². The first kappa shape index (κ1) is 9.07. The van der Waals surface area contributed by atoms with Crippen molar-refractivity contribution in [2.75, 3.05) is 7.05 Å². The largest absolute Gasteiger partial charge is 0.507 e. The Morgan fingerprint density at radius 3 is 2.85 bits per heavy atom. The highest BCUT2D eigenvalue weighted by molar-refractivity contribution is 5.99. The lowest BCUT2D eigenvalue weighted by Gasteiger charge is -2.03. The molecule has 1 aromatic rings. The van der Waals surface area contributed by atoms with Crippen LogP contribution in [0.4, 0.5) is 0 Å². The van der Waals surface area contributed by atoms with E-state index in [1.165, 1.54) is 25.2 Å². The molecule has 0 fully saturated rings. The normalized spacial score (nSPS) is 8.92. The molecule has 0 aliphatic rings. The van der Waals surface area contributed by atoms with E-state index in [2.05, 4.69) is 5.32 Å². The molecule has 2 N–H and O–H groups in total. The summed E-state index contributed by atoms with van der Waals surface area (Å²) in [5.74, 6) is -0.645. The molecule has 4 nitrogen and oxygen atoms in total. The first-order chi connectivity index (χ1) is 6.20. The van der Waals surface area contributed by atoms with E-state index in [1.54, 1.807) is 0 Å². The molecule has 66 valence electrons. The number of nitriles is 1. The Morgan fingerprint density at radius 2 is 2.31 bits per heavy atom. The summed E-state index contributed by atoms with van der Waals surface area (Å²) in [4.78, 5) is 11.2. The number of nitrogens with zero attached hydrogens (tertiary/aromatic N) is 1. The number of nitrogens with one attached hydrogen (secondary N) is 1. The SMILES string of the molecule is CNC(=O)c1c(O)cccc1C#N. The number of aromatic hydroxyl groups is 1. The minimum absolute atomic E-state index is 0.0208. The van der Waals surface area contributed by atoms with Gasteiger partial charge in [-0.25, -0.2) is 0 Å². The van der Waals surface area contributed by atoms with Gasteiger partial charge < -0.3 is 10.4 Å². The molecule has 0 aliphatic carbocycles. The maximum atomic E-state index is 11.2. The lowest BCUT2D eigenvalue weighted by Crippen LogP contribution is -2.19. The van der Waals surface area contributed by atoms with Crippen LogP contribution in [0.2, 0.25) is 0 Å². The number of hydrogen-bond acceptors (Lipinski definition) is 3. The topological polar surface area (TPSA) is 73.1 Å². The summed E-state index contributed by atoms with van der Waals surface area (Å²) in [6, 6.07) is 6.19. The van der Waals surface area contributed by atoms with Gasteiger partial charge in [-0.1, -0.05) is 6.07 Å². The van der Waals surface area contributed by atoms with Crippen molar-refractivity contribution in [1.29, 1.82) is 5.26 Å². The van der Waals surface area contributed by atoms with Gasteiger partial charge in [0.1, 0.15) is 11.8 Å². The van der Waals surface area contributed by atoms with Crippen LogP contribution < -0.4 is 5.32 Å². The lowest BCUT2D eigenvalue weighted by atomic mass is 10.1. The molecule has 0 heterocycles. The maximum absolute atomic E-state index is 11.2. The van der Waals surface area contributed by atoms with Crippen LogP contribution in [-0.4, -0.2) is 18.1 Å². The summed E-state index contributed by atoms with van der Waals surface area (Å²) in [7, 11) is 1.44. The standard InChI is InChI=1S/C9H8N2O2/c1-11-9(13)8-6(5-10)3-2-4-7(8)12/h2-4,12H,1H3,(H,11,13). The van der Waals surface area contributed by atoms with Gasteiger partial charge in [0, 0.05) is 7.05 Å². The Balaban J connectivity index is 3.33. The van der Waals surface area contributed by atoms with Gasteiger partial charge in [-0.05, 0) is 12.1 Å². The average Bonchev–Trinajstić information content (AvgIpc) is 2.16. The summed E-state index contributed by atoms with van der Waals surface area (Å²) in [5.41, 5.74) is 0.187. The van der Waals surface area contributed by atoms with E-state index in [0.29, 0.717) is 0 Å². The maximum Gasteiger partial charge on any atom is 0.256 e. The van der Waals surface area contributed by atoms with Crippen molar-refractivity contribution in [2.24, 2.45) is 0 Å². The van der Waals surface area contributed by atoms with Gasteiger partial charge in [-0.3, -0.25) is 4.79 Å². The zero-order chi connectivity index (χ0) is 9.84. The molecular weight excluding hydrogens is 168 g/mol. The van der Waals surface area contributed by atoms with Crippen LogP contribution in [0.3, 0.4) is 0 Å². The van der Waals surface area contributed by atoms with Gasteiger partial charge in [0.15, 0.2) is 0 Å². The van der Waals surface area contributed by atoms with Crippen LogP contribution in [-0.2, 0) is 0 Å². The summed E-state index contributed by atoms with van der Waals surface area (Å²) >= 11 is 0. The molecule has 0 radical (unpaired) electrons. The van der Waals surface area contributed by atoms with Crippen LogP contribution in [0.25, 0.3) is 0 Å². The van der Waals surface area contributed by atoms with Gasteiger partial charge in [0.05, 0.1) is 11.1 Å². The summed E-state index contributed by atoms with van der Waals surface area (Å²) in [5, 5.41) is 20.3. The summed E-state index contributed by atoms with van der Waals surface area (Å²) in [6.45, 7) is 0. The number of carbonyl (C=O) groups is 1. The molecule has 0 spiro atoms. The second-order valence-corrected chi connectivity index (χ2v) is 2.39. The highest BCUT2D eigenvalue weighted by Crippen LogP contribution is 2.19. The van der Waals surface area contributed by atoms with E-state index >= 15 is 0 Å². The Kier molecular flexibility index (Phi) is 2.50. The molecule has 0 bridgehead atoms. The number of phenols is 1. The first-order valence-electron chi connectivity index (χ1n) is 3.65. The van der Waals surface area contributed by atoms with Gasteiger partial charge >= 0.3 is 0 Å². The zero-order valence-corrected chi connectivity index (χ0v) is 7.03. The predicted molar refractivity (Wildman–Crippen MR) is 46.2 cm³/mol. The molecule has 0 saturated carbocycles. The molecule has 0 unspecified atom stereocenters. The highest BCUT2D eigenvalue weighted by Gasteiger charge is 2.13. The molecule has 0 saturated heterocycles. The molecule has 0 aromatic heterocycles. The van der Waals surface area contributed by atoms with Gasteiger partial charge in [0.2, 0.25) is 0 Å². The lowest BCUT2D eigenvalue weighted by molar-refractivity contribution is 0.0960. The smallest absolute Gasteiger partial charge is 0.256 e. The van der Waals surface area contributed by atoms with E-state index in [1.807, 2.05) is 6.07 Å². The Hall–Kier alpha value is -2.02. The molecule has 13 heavy (non-hydrogen) atoms. The number of phenolic OH excluding ortho intramolecular Hbond substituents is 1. The molecule has 0 aliphatic heterocycles. The van der Waals surface area contributed by atoms with Crippen LogP contribution in [0.1, 0.15) is 15.9 Å². The fraction of sp³-hybridized carbons (Fsp3) is 0.111. The van der Waals surface area contributed by atoms with E-state index in [4.69, 9.17) is 5.26 Å². The van der Waals surface area contributed by atoms with E-state index < -0.39 is 5.91 Å². The van der Waals surface area contributed by atoms with Crippen LogP contribution in [0, 0.1) is 11.3 Å². The van der Waals surface area contributed by atoms with Crippen molar-refractivity contribution >= 4 is 5.91 Å². The molecule has 1 amide bonds. The number of rotatable bonds is 1. The van der Waals surface area contributed by atoms with Crippen molar-refractivity contribution in [2.45, 2.75) is 0 Å². The van der Waals surface area contributed by atoms with Crippen molar-refractivity contribution in [3.63, 3.8) is 0 Å². The fourth-order valence-electron chi connectivity index (χ4n) is 0.997. The molecule has 1 aromatic carbocycles. The number of benzene rings is 1. The number of amides is 1. The number of hydrogen-bond donors (Lipinski definition) is 2. The van der Waals surface area contributed by atoms with Crippen LogP contribution in [0.5, 0.6) is 5.75 Å². The first-order valence-corrected chi connectivity index (χ1v) is 3.65. The molecular formula is C9H8N2O2. The molecule has 0 atom stereocenters. The zero-order valence-electron chi connectivity index (χ0n) is 7.03. The Bertz CT molecular complexity index is 380. The predicted octanol–water partition coefficient (Wildman–Crippen LogP) is 0.623. The average molecular weight is 176 g/mol.